The summed E-state index contributed by atoms with van der Waals surface area (Å²) in [6, 6.07) is 0. The zero-order chi connectivity index (χ0) is 13.5. The Bertz CT molecular complexity index is 269. The molecule has 5 heteroatoms. The van der Waals surface area contributed by atoms with Crippen molar-refractivity contribution in [1.29, 1.82) is 0 Å². The van der Waals surface area contributed by atoms with Gasteiger partial charge in [0, 0.05) is 5.92 Å². The van der Waals surface area contributed by atoms with Gasteiger partial charge in [-0.1, -0.05) is 31.8 Å². The monoisotopic (exact) mass is 243 g/mol. The molecular weight excluding hydrogens is 218 g/mol. The Morgan fingerprint density at radius 3 is 2.18 bits per heavy atom. The average molecular weight is 243 g/mol. The highest BCUT2D eigenvalue weighted by molar-refractivity contribution is 5.93. The third-order valence-corrected chi connectivity index (χ3v) is 2.83. The summed E-state index contributed by atoms with van der Waals surface area (Å²) in [5, 5.41) is 14.4. The molecule has 0 aromatic rings. The summed E-state index contributed by atoms with van der Waals surface area (Å²) in [5.41, 5.74) is 4.72. The van der Waals surface area contributed by atoms with E-state index >= 15 is 0 Å². The Morgan fingerprint density at radius 2 is 1.82 bits per heavy atom. The Hall–Kier alpha value is -1.26. The fourth-order valence-corrected chi connectivity index (χ4v) is 1.70. The number of carbonyl (C=O) groups is 1. The van der Waals surface area contributed by atoms with Crippen LogP contribution in [0.3, 0.4) is 0 Å². The van der Waals surface area contributed by atoms with Crippen LogP contribution in [-0.4, -0.2) is 22.5 Å². The highest BCUT2D eigenvalue weighted by atomic mass is 16.4. The molecule has 0 saturated carbocycles. The number of nitrogens with one attached hydrogen (secondary N) is 1. The number of oxime groups is 1. The van der Waals surface area contributed by atoms with E-state index in [1.54, 1.807) is 13.8 Å². The number of rotatable bonds is 7. The maximum Gasteiger partial charge on any atom is 0.223 e. The van der Waals surface area contributed by atoms with Gasteiger partial charge in [0.05, 0.1) is 5.54 Å². The molecule has 0 unspecified atom stereocenters. The van der Waals surface area contributed by atoms with E-state index in [-0.39, 0.29) is 17.7 Å². The van der Waals surface area contributed by atoms with E-state index in [9.17, 15) is 4.79 Å². The molecule has 0 aliphatic rings. The molecule has 17 heavy (non-hydrogen) atoms. The molecule has 0 aromatic heterocycles. The van der Waals surface area contributed by atoms with Crippen LogP contribution in [0.1, 0.15) is 53.4 Å². The summed E-state index contributed by atoms with van der Waals surface area (Å²) in [4.78, 5) is 12.1. The minimum absolute atomic E-state index is 0.00997. The van der Waals surface area contributed by atoms with Crippen LogP contribution < -0.4 is 11.1 Å². The van der Waals surface area contributed by atoms with E-state index in [4.69, 9.17) is 10.9 Å². The minimum Gasteiger partial charge on any atom is -0.409 e. The summed E-state index contributed by atoms with van der Waals surface area (Å²) in [6.45, 7) is 7.55. The lowest BCUT2D eigenvalue weighted by Crippen LogP contribution is -2.54. The lowest BCUT2D eigenvalue weighted by molar-refractivity contribution is -0.126. The van der Waals surface area contributed by atoms with Crippen LogP contribution in [0.5, 0.6) is 0 Å². The molecule has 0 heterocycles. The maximum atomic E-state index is 12.1. The van der Waals surface area contributed by atoms with Gasteiger partial charge < -0.3 is 16.3 Å². The third kappa shape index (κ3) is 5.06. The van der Waals surface area contributed by atoms with E-state index in [1.807, 2.05) is 0 Å². The Balaban J connectivity index is 4.59. The van der Waals surface area contributed by atoms with Crippen LogP contribution in [0.15, 0.2) is 5.16 Å². The zero-order valence-corrected chi connectivity index (χ0v) is 11.3. The van der Waals surface area contributed by atoms with E-state index < -0.39 is 5.54 Å². The molecule has 0 rings (SSSR count). The quantitative estimate of drug-likeness (QED) is 0.276. The number of hydrogen-bond acceptors (Lipinski definition) is 3. The van der Waals surface area contributed by atoms with Crippen molar-refractivity contribution in [2.24, 2.45) is 16.8 Å². The lowest BCUT2D eigenvalue weighted by Gasteiger charge is -2.27. The van der Waals surface area contributed by atoms with E-state index in [0.717, 1.165) is 25.7 Å². The van der Waals surface area contributed by atoms with Crippen LogP contribution >= 0.6 is 0 Å². The lowest BCUT2D eigenvalue weighted by atomic mass is 9.95. The van der Waals surface area contributed by atoms with Gasteiger partial charge in [0.25, 0.3) is 0 Å². The van der Waals surface area contributed by atoms with E-state index in [0.29, 0.717) is 0 Å². The fourth-order valence-electron chi connectivity index (χ4n) is 1.70. The largest absolute Gasteiger partial charge is 0.409 e. The predicted octanol–water partition coefficient (Wildman–Crippen LogP) is 1.84. The number of amides is 1. The van der Waals surface area contributed by atoms with Crippen LogP contribution in [0.25, 0.3) is 0 Å². The Morgan fingerprint density at radius 1 is 1.35 bits per heavy atom. The molecule has 100 valence electrons. The maximum absolute atomic E-state index is 12.1. The highest BCUT2D eigenvalue weighted by Gasteiger charge is 2.28. The predicted molar refractivity (Wildman–Crippen MR) is 68.9 cm³/mol. The smallest absolute Gasteiger partial charge is 0.223 e. The van der Waals surface area contributed by atoms with Crippen molar-refractivity contribution < 1.29 is 10.0 Å². The molecule has 1 amide bonds. The molecule has 5 nitrogen and oxygen atoms in total. The summed E-state index contributed by atoms with van der Waals surface area (Å²) in [6.07, 6.45) is 3.68. The van der Waals surface area contributed by atoms with Gasteiger partial charge in [-0.2, -0.15) is 0 Å². The molecule has 0 aromatic carbocycles. The number of hydrogen-bond donors (Lipinski definition) is 3. The number of amidine groups is 1. The van der Waals surface area contributed by atoms with Crippen molar-refractivity contribution in [3.63, 3.8) is 0 Å². The van der Waals surface area contributed by atoms with Crippen molar-refractivity contribution >= 4 is 11.7 Å². The van der Waals surface area contributed by atoms with Crippen LogP contribution in [0, 0.1) is 5.92 Å². The molecular formula is C12H25N3O2. The van der Waals surface area contributed by atoms with Crippen LogP contribution in [0.2, 0.25) is 0 Å². The number of nitrogens with two attached hydrogens (primary N) is 1. The van der Waals surface area contributed by atoms with Gasteiger partial charge in [-0.05, 0) is 26.7 Å². The number of nitrogens with zero attached hydrogens (tertiary/aromatic N) is 1. The Kier molecular flexibility index (Phi) is 6.61. The fraction of sp³-hybridized carbons (Fsp3) is 0.833. The van der Waals surface area contributed by atoms with Crippen molar-refractivity contribution in [3.8, 4) is 0 Å². The number of carbonyl (C=O) groups excluding carboxylic acids is 1. The normalized spacial score (nSPS) is 12.9. The minimum atomic E-state index is -0.814. The molecule has 0 bridgehead atoms. The summed E-state index contributed by atoms with van der Waals surface area (Å²) < 4.78 is 0. The first-order valence-corrected chi connectivity index (χ1v) is 6.19. The van der Waals surface area contributed by atoms with Gasteiger partial charge in [0.15, 0.2) is 5.84 Å². The van der Waals surface area contributed by atoms with Gasteiger partial charge in [-0.25, -0.2) is 0 Å². The van der Waals surface area contributed by atoms with E-state index in [2.05, 4.69) is 24.3 Å². The third-order valence-electron chi connectivity index (χ3n) is 2.83. The standard InChI is InChI=1S/C12H25N3O2/c1-5-7-9(8-6-2)10(16)14-12(3,4)11(13)15-17/h9,17H,5-8H2,1-4H3,(H2,13,15)(H,14,16). The van der Waals surface area contributed by atoms with Crippen LogP contribution in [0.4, 0.5) is 0 Å². The first-order chi connectivity index (χ1) is 7.88. The topological polar surface area (TPSA) is 87.7 Å². The molecule has 0 atom stereocenters. The molecule has 0 fully saturated rings. The Labute approximate surface area is 103 Å². The first-order valence-electron chi connectivity index (χ1n) is 6.19. The molecule has 0 aliphatic carbocycles. The van der Waals surface area contributed by atoms with Crippen LogP contribution in [-0.2, 0) is 4.79 Å². The van der Waals surface area contributed by atoms with Gasteiger partial charge >= 0.3 is 0 Å². The highest BCUT2D eigenvalue weighted by Crippen LogP contribution is 2.15. The molecule has 0 saturated heterocycles. The first kappa shape index (κ1) is 15.7. The van der Waals surface area contributed by atoms with Crippen molar-refractivity contribution in [1.82, 2.24) is 5.32 Å². The molecule has 0 radical (unpaired) electrons. The zero-order valence-electron chi connectivity index (χ0n) is 11.3. The van der Waals surface area contributed by atoms with Gasteiger partial charge in [-0.3, -0.25) is 4.79 Å². The van der Waals surface area contributed by atoms with E-state index in [1.165, 1.54) is 0 Å². The second-order valence-electron chi connectivity index (χ2n) is 4.87. The summed E-state index contributed by atoms with van der Waals surface area (Å²) in [7, 11) is 0. The summed E-state index contributed by atoms with van der Waals surface area (Å²) >= 11 is 0. The molecule has 0 spiro atoms. The van der Waals surface area contributed by atoms with Crippen molar-refractivity contribution in [2.45, 2.75) is 58.9 Å². The van der Waals surface area contributed by atoms with Gasteiger partial charge in [0.1, 0.15) is 0 Å². The van der Waals surface area contributed by atoms with Gasteiger partial charge in [-0.15, -0.1) is 0 Å². The molecule has 0 aliphatic heterocycles. The second-order valence-corrected chi connectivity index (χ2v) is 4.87. The van der Waals surface area contributed by atoms with Crippen molar-refractivity contribution in [2.75, 3.05) is 0 Å². The summed E-state index contributed by atoms with van der Waals surface area (Å²) in [5.74, 6) is -0.00124. The second kappa shape index (κ2) is 7.14. The molecule has 4 N–H and O–H groups in total. The van der Waals surface area contributed by atoms with Gasteiger partial charge in [0.2, 0.25) is 5.91 Å². The SMILES string of the molecule is CCCC(CCC)C(=O)NC(C)(C)C(N)=NO. The van der Waals surface area contributed by atoms with Crippen molar-refractivity contribution in [3.05, 3.63) is 0 Å². The average Bonchev–Trinajstić information content (AvgIpc) is 2.26.